The number of nitrogens with zero attached hydrogens (tertiary/aromatic N) is 1. The van der Waals surface area contributed by atoms with E-state index in [1.54, 1.807) is 0 Å². The number of rotatable bonds is 2. The van der Waals surface area contributed by atoms with Gasteiger partial charge in [-0.15, -0.1) is 0 Å². The lowest BCUT2D eigenvalue weighted by Gasteiger charge is -2.16. The van der Waals surface area contributed by atoms with Crippen LogP contribution in [0.2, 0.25) is 0 Å². The first kappa shape index (κ1) is 14.1. The molecule has 9 heteroatoms. The molecule has 0 fully saturated rings. The fraction of sp³-hybridized carbons (Fsp3) is 0.0833. The molecule has 0 bridgehead atoms. The van der Waals surface area contributed by atoms with Crippen LogP contribution in [-0.2, 0) is 26.7 Å². The lowest BCUT2D eigenvalue weighted by atomic mass is 9.95. The van der Waals surface area contributed by atoms with Crippen molar-refractivity contribution >= 4 is 37.1 Å². The molecule has 0 spiro atoms. The van der Waals surface area contributed by atoms with Crippen molar-refractivity contribution in [2.45, 2.75) is 11.3 Å². The normalized spacial score (nSPS) is 15.0. The van der Waals surface area contributed by atoms with Gasteiger partial charge in [-0.25, -0.2) is 0 Å². The fourth-order valence-corrected chi connectivity index (χ4v) is 3.54. The highest BCUT2D eigenvalue weighted by Gasteiger charge is 2.23. The maximum absolute atomic E-state index is 11.3. The number of allylic oxidation sites excluding steroid dienone is 1. The molecular weight excluding hydrogens is 318 g/mol. The standard InChI is InChI=1S/C12H9NO6S2/c14-20(15,16)10-1-7-2-11(21(17,18)19)4-9-6-13-5-8(3-10)12(7)9/h1-3,5-6H,4H2,(H,14,15,16)(H,17,18,19). The average molecular weight is 327 g/mol. The molecule has 0 unspecified atom stereocenters. The number of hydrogen-bond donors (Lipinski definition) is 2. The number of aromatic nitrogens is 1. The van der Waals surface area contributed by atoms with Crippen molar-refractivity contribution in [1.29, 1.82) is 0 Å². The van der Waals surface area contributed by atoms with E-state index in [0.717, 1.165) is 6.07 Å². The topological polar surface area (TPSA) is 122 Å². The zero-order valence-electron chi connectivity index (χ0n) is 10.4. The highest BCUT2D eigenvalue weighted by Crippen LogP contribution is 2.34. The van der Waals surface area contributed by atoms with E-state index in [4.69, 9.17) is 9.11 Å². The smallest absolute Gasteiger partial charge is 0.282 e. The van der Waals surface area contributed by atoms with Gasteiger partial charge in [-0.2, -0.15) is 16.8 Å². The second kappa shape index (κ2) is 4.34. The van der Waals surface area contributed by atoms with E-state index in [9.17, 15) is 16.8 Å². The van der Waals surface area contributed by atoms with Crippen molar-refractivity contribution in [1.82, 2.24) is 4.98 Å². The minimum atomic E-state index is -4.44. The van der Waals surface area contributed by atoms with Crippen molar-refractivity contribution in [3.63, 3.8) is 0 Å². The van der Waals surface area contributed by atoms with Gasteiger partial charge in [0, 0.05) is 24.2 Å². The molecule has 0 radical (unpaired) electrons. The van der Waals surface area contributed by atoms with E-state index in [1.807, 2.05) is 0 Å². The first-order chi connectivity index (χ1) is 9.66. The third-order valence-corrected chi connectivity index (χ3v) is 5.00. The Balaban J connectivity index is 2.42. The van der Waals surface area contributed by atoms with Crippen LogP contribution in [0, 0.1) is 0 Å². The molecule has 0 amide bonds. The zero-order valence-corrected chi connectivity index (χ0v) is 12.0. The third-order valence-electron chi connectivity index (χ3n) is 3.25. The average Bonchev–Trinajstić information content (AvgIpc) is 2.36. The molecule has 2 aromatic rings. The predicted octanol–water partition coefficient (Wildman–Crippen LogP) is 1.27. The Labute approximate surface area is 120 Å². The summed E-state index contributed by atoms with van der Waals surface area (Å²) in [6.07, 6.45) is 4.04. The molecule has 0 saturated carbocycles. The number of benzene rings is 1. The van der Waals surface area contributed by atoms with Crippen LogP contribution >= 0.6 is 0 Å². The summed E-state index contributed by atoms with van der Waals surface area (Å²) in [5, 5.41) is 1.10. The van der Waals surface area contributed by atoms with Gasteiger partial charge in [-0.05, 0) is 34.7 Å². The first-order valence-electron chi connectivity index (χ1n) is 5.72. The van der Waals surface area contributed by atoms with E-state index in [-0.39, 0.29) is 21.8 Å². The van der Waals surface area contributed by atoms with Crippen LogP contribution in [0.5, 0.6) is 0 Å². The summed E-state index contributed by atoms with van der Waals surface area (Å²) in [4.78, 5) is 3.30. The van der Waals surface area contributed by atoms with Gasteiger partial charge < -0.3 is 0 Å². The molecule has 1 aliphatic carbocycles. The van der Waals surface area contributed by atoms with Crippen LogP contribution < -0.4 is 0 Å². The minimum Gasteiger partial charge on any atom is -0.282 e. The summed E-state index contributed by atoms with van der Waals surface area (Å²) in [5.41, 5.74) is 0.843. The van der Waals surface area contributed by atoms with Crippen LogP contribution in [0.3, 0.4) is 0 Å². The van der Waals surface area contributed by atoms with Crippen LogP contribution in [0.25, 0.3) is 16.8 Å². The molecule has 21 heavy (non-hydrogen) atoms. The van der Waals surface area contributed by atoms with E-state index >= 15 is 0 Å². The summed E-state index contributed by atoms with van der Waals surface area (Å²) >= 11 is 0. The van der Waals surface area contributed by atoms with Gasteiger partial charge in [-0.1, -0.05) is 0 Å². The first-order valence-corrected chi connectivity index (χ1v) is 8.60. The molecular formula is C12H9NO6S2. The van der Waals surface area contributed by atoms with Gasteiger partial charge in [0.1, 0.15) is 0 Å². The predicted molar refractivity (Wildman–Crippen MR) is 74.8 cm³/mol. The van der Waals surface area contributed by atoms with Gasteiger partial charge in [0.2, 0.25) is 0 Å². The van der Waals surface area contributed by atoms with Gasteiger partial charge in [0.05, 0.1) is 9.80 Å². The van der Waals surface area contributed by atoms with Crippen molar-refractivity contribution in [2.75, 3.05) is 0 Å². The molecule has 0 aliphatic heterocycles. The summed E-state index contributed by atoms with van der Waals surface area (Å²) in [6.45, 7) is 0. The highest BCUT2D eigenvalue weighted by molar-refractivity contribution is 7.90. The van der Waals surface area contributed by atoms with E-state index in [0.29, 0.717) is 16.3 Å². The van der Waals surface area contributed by atoms with E-state index < -0.39 is 20.2 Å². The number of hydrogen-bond acceptors (Lipinski definition) is 5. The molecule has 0 saturated heterocycles. The SMILES string of the molecule is O=S(=O)(O)C1=Cc2cc(S(=O)(=O)O)cc3cncc(c23)C1. The molecule has 7 nitrogen and oxygen atoms in total. The lowest BCUT2D eigenvalue weighted by molar-refractivity contribution is 0.483. The Morgan fingerprint density at radius 2 is 1.71 bits per heavy atom. The molecule has 0 atom stereocenters. The maximum Gasteiger partial charge on any atom is 0.294 e. The second-order valence-electron chi connectivity index (χ2n) is 4.65. The van der Waals surface area contributed by atoms with Crippen LogP contribution in [-0.4, -0.2) is 30.9 Å². The Bertz CT molecular complexity index is 1010. The van der Waals surface area contributed by atoms with Crippen LogP contribution in [0.1, 0.15) is 11.1 Å². The van der Waals surface area contributed by atoms with Gasteiger partial charge >= 0.3 is 0 Å². The summed E-state index contributed by atoms with van der Waals surface area (Å²) in [7, 11) is -8.83. The summed E-state index contributed by atoms with van der Waals surface area (Å²) < 4.78 is 63.5. The van der Waals surface area contributed by atoms with Crippen LogP contribution in [0.4, 0.5) is 0 Å². The maximum atomic E-state index is 11.3. The summed E-state index contributed by atoms with van der Waals surface area (Å²) in [5.74, 6) is 0. The minimum absolute atomic E-state index is 0.0264. The molecule has 110 valence electrons. The highest BCUT2D eigenvalue weighted by atomic mass is 32.2. The fourth-order valence-electron chi connectivity index (χ4n) is 2.38. The number of pyridine rings is 1. The van der Waals surface area contributed by atoms with Crippen molar-refractivity contribution < 1.29 is 25.9 Å². The Morgan fingerprint density at radius 1 is 1.00 bits per heavy atom. The molecule has 1 aromatic heterocycles. The van der Waals surface area contributed by atoms with E-state index in [2.05, 4.69) is 4.98 Å². The van der Waals surface area contributed by atoms with Gasteiger partial charge in [0.15, 0.2) is 0 Å². The third kappa shape index (κ3) is 2.44. The van der Waals surface area contributed by atoms with Crippen LogP contribution in [0.15, 0.2) is 34.3 Å². The zero-order chi connectivity index (χ0) is 15.4. The van der Waals surface area contributed by atoms with Gasteiger partial charge in [-0.3, -0.25) is 14.1 Å². The molecule has 1 aliphatic rings. The Hall–Kier alpha value is -1.81. The Morgan fingerprint density at radius 3 is 2.33 bits per heavy atom. The molecule has 1 aromatic carbocycles. The summed E-state index contributed by atoms with van der Waals surface area (Å²) in [6, 6.07) is 2.42. The Kier molecular flexibility index (Phi) is 2.92. The largest absolute Gasteiger partial charge is 0.294 e. The van der Waals surface area contributed by atoms with Gasteiger partial charge in [0.25, 0.3) is 20.2 Å². The molecule has 3 rings (SSSR count). The second-order valence-corrected chi connectivity index (χ2v) is 7.54. The van der Waals surface area contributed by atoms with Crippen molar-refractivity contribution in [3.8, 4) is 0 Å². The van der Waals surface area contributed by atoms with Crippen molar-refractivity contribution in [2.24, 2.45) is 0 Å². The lowest BCUT2D eigenvalue weighted by Crippen LogP contribution is -2.10. The van der Waals surface area contributed by atoms with E-state index in [1.165, 1.54) is 24.5 Å². The quantitative estimate of drug-likeness (QED) is 0.796. The molecule has 1 heterocycles. The monoisotopic (exact) mass is 327 g/mol. The van der Waals surface area contributed by atoms with Crippen molar-refractivity contribution in [3.05, 3.63) is 40.6 Å². The molecule has 2 N–H and O–H groups in total.